The smallest absolute Gasteiger partial charge is 0.262 e. The molecule has 2 amide bonds. The number of amides is 2. The van der Waals surface area contributed by atoms with Gasteiger partial charge in [0, 0.05) is 17.0 Å². The molecule has 8 nitrogen and oxygen atoms in total. The normalized spacial score (nSPS) is 12.4. The van der Waals surface area contributed by atoms with Gasteiger partial charge in [-0.1, -0.05) is 59.6 Å². The summed E-state index contributed by atoms with van der Waals surface area (Å²) in [5.74, 6) is -0.415. The van der Waals surface area contributed by atoms with Crippen molar-refractivity contribution in [2.45, 2.75) is 38.8 Å². The van der Waals surface area contributed by atoms with Crippen LogP contribution in [0.15, 0.2) is 78.4 Å². The molecule has 0 aliphatic rings. The molecule has 40 heavy (non-hydrogen) atoms. The zero-order valence-electron chi connectivity index (χ0n) is 22.2. The van der Waals surface area contributed by atoms with E-state index in [-0.39, 0.29) is 17.2 Å². The van der Waals surface area contributed by atoms with E-state index in [0.717, 1.165) is 5.56 Å². The molecule has 3 aromatic carbocycles. The van der Waals surface area contributed by atoms with Crippen LogP contribution in [0.4, 0.5) is 0 Å². The third-order valence-corrected chi connectivity index (χ3v) is 6.24. The first kappa shape index (κ1) is 30.5. The van der Waals surface area contributed by atoms with Gasteiger partial charge in [0.15, 0.2) is 17.6 Å². The monoisotopic (exact) mass is 583 g/mol. The number of nitrogens with one attached hydrogen (secondary N) is 2. The van der Waals surface area contributed by atoms with Crippen molar-refractivity contribution in [1.82, 2.24) is 10.7 Å². The topological polar surface area (TPSA) is 109 Å². The van der Waals surface area contributed by atoms with E-state index in [4.69, 9.17) is 32.7 Å². The van der Waals surface area contributed by atoms with Crippen LogP contribution in [0, 0.1) is 0 Å². The Hall–Kier alpha value is -4.01. The van der Waals surface area contributed by atoms with Crippen molar-refractivity contribution in [2.75, 3.05) is 6.61 Å². The summed E-state index contributed by atoms with van der Waals surface area (Å²) in [5, 5.41) is 17.9. The Morgan fingerprint density at radius 3 is 2.50 bits per heavy atom. The highest BCUT2D eigenvalue weighted by Gasteiger charge is 2.25. The summed E-state index contributed by atoms with van der Waals surface area (Å²) < 4.78 is 11.2. The lowest BCUT2D eigenvalue weighted by molar-refractivity contribution is -0.132. The number of phenolic OH excluding ortho intramolecular Hbond substituents is 1. The number of allylic oxidation sites excluding steroid dienone is 1. The van der Waals surface area contributed by atoms with Crippen LogP contribution < -0.4 is 20.2 Å². The van der Waals surface area contributed by atoms with Gasteiger partial charge in [-0.15, -0.1) is 6.58 Å². The molecule has 0 fully saturated rings. The molecule has 0 saturated heterocycles. The molecule has 210 valence electrons. The van der Waals surface area contributed by atoms with Gasteiger partial charge in [-0.05, 0) is 61.7 Å². The van der Waals surface area contributed by atoms with Crippen molar-refractivity contribution in [1.29, 1.82) is 0 Å². The number of hydrogen-bond donors (Lipinski definition) is 3. The minimum atomic E-state index is -0.953. The second-order valence-electron chi connectivity index (χ2n) is 8.77. The van der Waals surface area contributed by atoms with Crippen molar-refractivity contribution in [3.63, 3.8) is 0 Å². The summed E-state index contributed by atoms with van der Waals surface area (Å²) in [4.78, 5) is 26.1. The SMILES string of the molecule is C=CCc1cc(/C=N\NC(=O)[C@H](Cc2ccccc2)NC(=O)[C@H](C)Oc2ccc(Cl)cc2Cl)cc(OCC)c1O. The van der Waals surface area contributed by atoms with Crippen molar-refractivity contribution in [3.8, 4) is 17.2 Å². The number of phenols is 1. The van der Waals surface area contributed by atoms with Crippen LogP contribution in [0.2, 0.25) is 10.0 Å². The molecular formula is C30H31Cl2N3O5. The van der Waals surface area contributed by atoms with Crippen LogP contribution in [-0.2, 0) is 22.4 Å². The fraction of sp³-hybridized carbons (Fsp3) is 0.233. The van der Waals surface area contributed by atoms with Crippen LogP contribution in [0.5, 0.6) is 17.2 Å². The number of hydrazone groups is 1. The van der Waals surface area contributed by atoms with E-state index in [1.165, 1.54) is 12.3 Å². The highest BCUT2D eigenvalue weighted by molar-refractivity contribution is 6.35. The highest BCUT2D eigenvalue weighted by atomic mass is 35.5. The van der Waals surface area contributed by atoms with E-state index < -0.39 is 24.0 Å². The van der Waals surface area contributed by atoms with Crippen LogP contribution in [-0.4, -0.2) is 41.9 Å². The molecule has 3 N–H and O–H groups in total. The zero-order chi connectivity index (χ0) is 29.1. The van der Waals surface area contributed by atoms with Gasteiger partial charge in [0.1, 0.15) is 11.8 Å². The minimum absolute atomic E-state index is 0.0322. The summed E-state index contributed by atoms with van der Waals surface area (Å²) in [7, 11) is 0. The fourth-order valence-corrected chi connectivity index (χ4v) is 4.20. The number of benzene rings is 3. The molecule has 10 heteroatoms. The lowest BCUT2D eigenvalue weighted by Gasteiger charge is -2.21. The predicted molar refractivity (Wildman–Crippen MR) is 158 cm³/mol. The van der Waals surface area contributed by atoms with Gasteiger partial charge < -0.3 is 19.9 Å². The minimum Gasteiger partial charge on any atom is -0.504 e. The van der Waals surface area contributed by atoms with Gasteiger partial charge in [0.2, 0.25) is 0 Å². The first-order chi connectivity index (χ1) is 19.2. The summed E-state index contributed by atoms with van der Waals surface area (Å²) in [6.07, 6.45) is 2.79. The third kappa shape index (κ3) is 8.76. The molecule has 0 aliphatic heterocycles. The van der Waals surface area contributed by atoms with Crippen LogP contribution >= 0.6 is 23.2 Å². The molecule has 0 aromatic heterocycles. The molecule has 0 unspecified atom stereocenters. The molecule has 0 bridgehead atoms. The quantitative estimate of drug-likeness (QED) is 0.140. The number of halogens is 2. The largest absolute Gasteiger partial charge is 0.504 e. The predicted octanol–water partition coefficient (Wildman–Crippen LogP) is 5.47. The maximum Gasteiger partial charge on any atom is 0.262 e. The summed E-state index contributed by atoms with van der Waals surface area (Å²) in [6.45, 7) is 7.44. The fourth-order valence-electron chi connectivity index (χ4n) is 3.75. The second-order valence-corrected chi connectivity index (χ2v) is 9.62. The first-order valence-electron chi connectivity index (χ1n) is 12.6. The third-order valence-electron chi connectivity index (χ3n) is 5.71. The van der Waals surface area contributed by atoms with E-state index in [9.17, 15) is 14.7 Å². The number of ether oxygens (including phenoxy) is 2. The van der Waals surface area contributed by atoms with Crippen LogP contribution in [0.3, 0.4) is 0 Å². The van der Waals surface area contributed by atoms with Crippen molar-refractivity contribution < 1.29 is 24.2 Å². The Morgan fingerprint density at radius 2 is 1.82 bits per heavy atom. The van der Waals surface area contributed by atoms with Crippen molar-refractivity contribution in [3.05, 3.63) is 100 Å². The van der Waals surface area contributed by atoms with Crippen LogP contribution in [0.25, 0.3) is 0 Å². The van der Waals surface area contributed by atoms with E-state index in [1.807, 2.05) is 37.3 Å². The van der Waals surface area contributed by atoms with E-state index >= 15 is 0 Å². The average Bonchev–Trinajstić information content (AvgIpc) is 2.93. The van der Waals surface area contributed by atoms with Gasteiger partial charge in [-0.25, -0.2) is 5.43 Å². The van der Waals surface area contributed by atoms with Gasteiger partial charge >= 0.3 is 0 Å². The Kier molecular flexibility index (Phi) is 11.4. The Morgan fingerprint density at radius 1 is 1.07 bits per heavy atom. The maximum absolute atomic E-state index is 13.1. The zero-order valence-corrected chi connectivity index (χ0v) is 23.7. The highest BCUT2D eigenvalue weighted by Crippen LogP contribution is 2.32. The molecule has 3 rings (SSSR count). The second kappa shape index (κ2) is 15.0. The summed E-state index contributed by atoms with van der Waals surface area (Å²) >= 11 is 12.1. The maximum atomic E-state index is 13.1. The van der Waals surface area contributed by atoms with E-state index in [1.54, 1.807) is 37.3 Å². The molecule has 0 aliphatic carbocycles. The average molecular weight is 585 g/mol. The number of rotatable bonds is 13. The van der Waals surface area contributed by atoms with Gasteiger partial charge in [-0.2, -0.15) is 5.10 Å². The molecule has 2 atom stereocenters. The van der Waals surface area contributed by atoms with E-state index in [0.29, 0.717) is 40.7 Å². The van der Waals surface area contributed by atoms with E-state index in [2.05, 4.69) is 22.4 Å². The lowest BCUT2D eigenvalue weighted by Crippen LogP contribution is -2.50. The lowest BCUT2D eigenvalue weighted by atomic mass is 10.1. The Labute approximate surface area is 243 Å². The van der Waals surface area contributed by atoms with Crippen molar-refractivity contribution in [2.24, 2.45) is 5.10 Å². The Balaban J connectivity index is 1.74. The molecular weight excluding hydrogens is 553 g/mol. The van der Waals surface area contributed by atoms with Gasteiger partial charge in [-0.3, -0.25) is 9.59 Å². The standard InChI is InChI=1S/C30H31Cl2N3O5/c1-4-9-22-14-21(16-27(28(22)36)39-5-2)18-33-35-30(38)25(15-20-10-7-6-8-11-20)34-29(37)19(3)40-26-13-12-23(31)17-24(26)32/h4,6-8,10-14,16-19,25,36H,1,5,9,15H2,2-3H3,(H,34,37)(H,35,38)/b33-18-/t19-,25-/m0/s1. The molecule has 0 heterocycles. The summed E-state index contributed by atoms with van der Waals surface area (Å²) in [5.41, 5.74) is 4.55. The first-order valence-corrected chi connectivity index (χ1v) is 13.4. The summed E-state index contributed by atoms with van der Waals surface area (Å²) in [6, 6.07) is 16.3. The number of nitrogens with zero attached hydrogens (tertiary/aromatic N) is 1. The number of hydrogen-bond acceptors (Lipinski definition) is 6. The van der Waals surface area contributed by atoms with Gasteiger partial charge in [0.05, 0.1) is 17.8 Å². The van der Waals surface area contributed by atoms with Gasteiger partial charge in [0.25, 0.3) is 11.8 Å². The molecule has 0 saturated carbocycles. The number of carbonyl (C=O) groups excluding carboxylic acids is 2. The van der Waals surface area contributed by atoms with Crippen molar-refractivity contribution >= 4 is 41.2 Å². The van der Waals surface area contributed by atoms with Crippen LogP contribution in [0.1, 0.15) is 30.5 Å². The molecule has 0 radical (unpaired) electrons. The number of aromatic hydroxyl groups is 1. The molecule has 3 aromatic rings. The Bertz CT molecular complexity index is 1360. The number of carbonyl (C=O) groups is 2. The molecule has 0 spiro atoms.